The molecule has 2 aromatic rings. The Labute approximate surface area is 139 Å². The summed E-state index contributed by atoms with van der Waals surface area (Å²) in [5.41, 5.74) is 1.38. The SMILES string of the molecule is O=C(NC1CC1)C1CCCN1C(=O)c1cc2cc(Cl)ccc2[nH]1. The van der Waals surface area contributed by atoms with E-state index in [-0.39, 0.29) is 17.9 Å². The first-order valence-corrected chi connectivity index (χ1v) is 8.39. The second kappa shape index (κ2) is 5.57. The topological polar surface area (TPSA) is 65.2 Å². The predicted molar refractivity (Wildman–Crippen MR) is 88.5 cm³/mol. The summed E-state index contributed by atoms with van der Waals surface area (Å²) in [7, 11) is 0. The third kappa shape index (κ3) is 2.81. The summed E-state index contributed by atoms with van der Waals surface area (Å²) < 4.78 is 0. The maximum absolute atomic E-state index is 12.8. The average molecular weight is 332 g/mol. The number of carbonyl (C=O) groups is 2. The molecule has 1 aromatic carbocycles. The van der Waals surface area contributed by atoms with Gasteiger partial charge in [0.25, 0.3) is 5.91 Å². The van der Waals surface area contributed by atoms with Crippen LogP contribution in [0.5, 0.6) is 0 Å². The second-order valence-electron chi connectivity index (χ2n) is 6.35. The number of fused-ring (bicyclic) bond motifs is 1. The molecule has 5 nitrogen and oxygen atoms in total. The van der Waals surface area contributed by atoms with E-state index in [4.69, 9.17) is 11.6 Å². The predicted octanol–water partition coefficient (Wildman–Crippen LogP) is 2.70. The van der Waals surface area contributed by atoms with Gasteiger partial charge in [-0.3, -0.25) is 9.59 Å². The Morgan fingerprint density at radius 1 is 1.22 bits per heavy atom. The molecule has 1 aliphatic heterocycles. The number of aromatic nitrogens is 1. The summed E-state index contributed by atoms with van der Waals surface area (Å²) in [5.74, 6) is -0.136. The first-order valence-electron chi connectivity index (χ1n) is 8.01. The molecule has 1 aliphatic carbocycles. The average Bonchev–Trinajstić information content (AvgIpc) is 3.05. The van der Waals surface area contributed by atoms with Crippen LogP contribution in [0.25, 0.3) is 10.9 Å². The molecule has 0 spiro atoms. The fourth-order valence-corrected chi connectivity index (χ4v) is 3.36. The molecule has 1 saturated heterocycles. The molecule has 2 amide bonds. The van der Waals surface area contributed by atoms with Crippen molar-refractivity contribution >= 4 is 34.3 Å². The van der Waals surface area contributed by atoms with Crippen LogP contribution in [0.4, 0.5) is 0 Å². The number of aromatic amines is 1. The lowest BCUT2D eigenvalue weighted by Crippen LogP contribution is -2.46. The fourth-order valence-electron chi connectivity index (χ4n) is 3.18. The van der Waals surface area contributed by atoms with Crippen LogP contribution in [0, 0.1) is 0 Å². The van der Waals surface area contributed by atoms with Gasteiger partial charge in [-0.15, -0.1) is 0 Å². The molecule has 2 fully saturated rings. The Morgan fingerprint density at radius 3 is 2.83 bits per heavy atom. The molecule has 0 radical (unpaired) electrons. The zero-order chi connectivity index (χ0) is 16.0. The van der Waals surface area contributed by atoms with E-state index < -0.39 is 0 Å². The van der Waals surface area contributed by atoms with Gasteiger partial charge in [-0.2, -0.15) is 0 Å². The lowest BCUT2D eigenvalue weighted by molar-refractivity contribution is -0.125. The number of hydrogen-bond acceptors (Lipinski definition) is 2. The molecular formula is C17H18ClN3O2. The van der Waals surface area contributed by atoms with Crippen molar-refractivity contribution in [1.29, 1.82) is 0 Å². The highest BCUT2D eigenvalue weighted by atomic mass is 35.5. The number of halogens is 1. The Bertz CT molecular complexity index is 781. The summed E-state index contributed by atoms with van der Waals surface area (Å²) in [5, 5.41) is 4.54. The molecule has 6 heteroatoms. The quantitative estimate of drug-likeness (QED) is 0.908. The molecule has 0 bridgehead atoms. The van der Waals surface area contributed by atoms with Gasteiger partial charge in [0.05, 0.1) is 0 Å². The first-order chi connectivity index (χ1) is 11.1. The fraction of sp³-hybridized carbons (Fsp3) is 0.412. The molecule has 2 N–H and O–H groups in total. The summed E-state index contributed by atoms with van der Waals surface area (Å²) in [6, 6.07) is 7.24. The van der Waals surface area contributed by atoms with Crippen molar-refractivity contribution in [3.63, 3.8) is 0 Å². The summed E-state index contributed by atoms with van der Waals surface area (Å²) in [6.07, 6.45) is 3.70. The molecule has 2 aliphatic rings. The van der Waals surface area contributed by atoms with Crippen molar-refractivity contribution in [2.75, 3.05) is 6.54 Å². The van der Waals surface area contributed by atoms with Crippen molar-refractivity contribution in [2.45, 2.75) is 37.8 Å². The minimum atomic E-state index is -0.349. The van der Waals surface area contributed by atoms with Crippen LogP contribution >= 0.6 is 11.6 Å². The smallest absolute Gasteiger partial charge is 0.270 e. The normalized spacial score (nSPS) is 20.9. The largest absolute Gasteiger partial charge is 0.352 e. The van der Waals surface area contributed by atoms with Crippen LogP contribution in [0.1, 0.15) is 36.2 Å². The Balaban J connectivity index is 1.57. The van der Waals surface area contributed by atoms with Gasteiger partial charge in [-0.05, 0) is 49.9 Å². The standard InChI is InChI=1S/C17H18ClN3O2/c18-11-3-6-13-10(8-11)9-14(20-13)17(23)21-7-1-2-15(21)16(22)19-12-4-5-12/h3,6,8-9,12,15,20H,1-2,4-5,7H2,(H,19,22). The maximum atomic E-state index is 12.8. The highest BCUT2D eigenvalue weighted by Gasteiger charge is 2.37. The molecule has 1 atom stereocenters. The van der Waals surface area contributed by atoms with Gasteiger partial charge in [0.1, 0.15) is 11.7 Å². The number of likely N-dealkylation sites (tertiary alicyclic amines) is 1. The number of nitrogens with one attached hydrogen (secondary N) is 2. The number of rotatable bonds is 3. The summed E-state index contributed by atoms with van der Waals surface area (Å²) >= 11 is 5.99. The van der Waals surface area contributed by atoms with Crippen molar-refractivity contribution in [1.82, 2.24) is 15.2 Å². The zero-order valence-electron chi connectivity index (χ0n) is 12.6. The third-order valence-electron chi connectivity index (χ3n) is 4.55. The van der Waals surface area contributed by atoms with Crippen LogP contribution in [0.2, 0.25) is 5.02 Å². The van der Waals surface area contributed by atoms with E-state index in [1.165, 1.54) is 0 Å². The molecule has 2 heterocycles. The van der Waals surface area contributed by atoms with E-state index in [1.807, 2.05) is 12.1 Å². The Hall–Kier alpha value is -2.01. The molecule has 1 aromatic heterocycles. The molecule has 1 unspecified atom stereocenters. The number of H-pyrrole nitrogens is 1. The van der Waals surface area contributed by atoms with Crippen LogP contribution in [-0.4, -0.2) is 40.3 Å². The van der Waals surface area contributed by atoms with Crippen LogP contribution < -0.4 is 5.32 Å². The summed E-state index contributed by atoms with van der Waals surface area (Å²) in [4.78, 5) is 29.9. The van der Waals surface area contributed by atoms with Gasteiger partial charge in [0.15, 0.2) is 0 Å². The zero-order valence-corrected chi connectivity index (χ0v) is 13.4. The van der Waals surface area contributed by atoms with Crippen molar-refractivity contribution in [3.05, 3.63) is 35.0 Å². The summed E-state index contributed by atoms with van der Waals surface area (Å²) in [6.45, 7) is 0.623. The van der Waals surface area contributed by atoms with E-state index >= 15 is 0 Å². The van der Waals surface area contributed by atoms with Crippen molar-refractivity contribution in [3.8, 4) is 0 Å². The molecular weight excluding hydrogens is 314 g/mol. The lowest BCUT2D eigenvalue weighted by atomic mass is 10.2. The Morgan fingerprint density at radius 2 is 2.04 bits per heavy atom. The van der Waals surface area contributed by atoms with Gasteiger partial charge >= 0.3 is 0 Å². The Kier molecular flexibility index (Phi) is 3.53. The highest BCUT2D eigenvalue weighted by Crippen LogP contribution is 2.25. The highest BCUT2D eigenvalue weighted by molar-refractivity contribution is 6.31. The van der Waals surface area contributed by atoms with E-state index in [9.17, 15) is 9.59 Å². The van der Waals surface area contributed by atoms with Crippen molar-refractivity contribution < 1.29 is 9.59 Å². The van der Waals surface area contributed by atoms with E-state index in [0.29, 0.717) is 23.3 Å². The van der Waals surface area contributed by atoms with Crippen molar-refractivity contribution in [2.24, 2.45) is 0 Å². The lowest BCUT2D eigenvalue weighted by Gasteiger charge is -2.23. The second-order valence-corrected chi connectivity index (χ2v) is 6.79. The van der Waals surface area contributed by atoms with Gasteiger partial charge in [-0.25, -0.2) is 0 Å². The monoisotopic (exact) mass is 331 g/mol. The van der Waals surface area contributed by atoms with Gasteiger partial charge in [0, 0.05) is 28.5 Å². The van der Waals surface area contributed by atoms with E-state index in [2.05, 4.69) is 10.3 Å². The maximum Gasteiger partial charge on any atom is 0.270 e. The number of nitrogens with zero attached hydrogens (tertiary/aromatic N) is 1. The van der Waals surface area contributed by atoms with Crippen LogP contribution in [0.3, 0.4) is 0 Å². The van der Waals surface area contributed by atoms with Crippen LogP contribution in [0.15, 0.2) is 24.3 Å². The molecule has 1 saturated carbocycles. The molecule has 23 heavy (non-hydrogen) atoms. The number of benzene rings is 1. The number of carbonyl (C=O) groups excluding carboxylic acids is 2. The number of hydrogen-bond donors (Lipinski definition) is 2. The third-order valence-corrected chi connectivity index (χ3v) is 4.79. The first kappa shape index (κ1) is 14.6. The van der Waals surface area contributed by atoms with E-state index in [1.54, 1.807) is 17.0 Å². The van der Waals surface area contributed by atoms with Gasteiger partial charge < -0.3 is 15.2 Å². The van der Waals surface area contributed by atoms with E-state index in [0.717, 1.165) is 36.6 Å². The minimum absolute atomic E-state index is 0.0162. The number of amides is 2. The minimum Gasteiger partial charge on any atom is -0.352 e. The molecule has 120 valence electrons. The van der Waals surface area contributed by atoms with Gasteiger partial charge in [-0.1, -0.05) is 11.6 Å². The van der Waals surface area contributed by atoms with Gasteiger partial charge in [0.2, 0.25) is 5.91 Å². The van der Waals surface area contributed by atoms with Crippen LogP contribution in [-0.2, 0) is 4.79 Å². The molecule has 4 rings (SSSR count).